The van der Waals surface area contributed by atoms with Crippen molar-refractivity contribution < 1.29 is 9.59 Å². The lowest BCUT2D eigenvalue weighted by Crippen LogP contribution is -2.41. The molecule has 2 heterocycles. The number of nitrogens with one attached hydrogen (secondary N) is 2. The number of hydrogen-bond donors (Lipinski definition) is 2. The summed E-state index contributed by atoms with van der Waals surface area (Å²) in [6, 6.07) is 22.1. The first-order chi connectivity index (χ1) is 17.5. The Hall–Kier alpha value is -5.12. The highest BCUT2D eigenvalue weighted by molar-refractivity contribution is 6.02. The Morgan fingerprint density at radius 1 is 0.778 bits per heavy atom. The van der Waals surface area contributed by atoms with Gasteiger partial charge in [0.1, 0.15) is 12.0 Å². The number of aryl methyl sites for hydroxylation is 2. The molecule has 0 fully saturated rings. The van der Waals surface area contributed by atoms with Gasteiger partial charge in [-0.15, -0.1) is 5.10 Å². The van der Waals surface area contributed by atoms with Crippen LogP contribution in [0, 0.1) is 13.8 Å². The van der Waals surface area contributed by atoms with Crippen LogP contribution in [0.15, 0.2) is 85.3 Å². The molecular weight excluding hydrogens is 456 g/mol. The van der Waals surface area contributed by atoms with E-state index < -0.39 is 11.8 Å². The Kier molecular flexibility index (Phi) is 6.06. The highest BCUT2D eigenvalue weighted by Gasteiger charge is 2.20. The third kappa shape index (κ3) is 4.60. The fraction of sp³-hybridized carbons (Fsp3) is 0.0769. The number of tetrazole rings is 1. The highest BCUT2D eigenvalue weighted by Crippen LogP contribution is 2.26. The molecule has 178 valence electrons. The summed E-state index contributed by atoms with van der Waals surface area (Å²) in [5.74, 6) is -0.945. The largest absolute Gasteiger partial charge is 0.273 e. The van der Waals surface area contributed by atoms with E-state index in [2.05, 4.69) is 31.5 Å². The minimum absolute atomic E-state index is 0.330. The molecule has 0 saturated heterocycles. The van der Waals surface area contributed by atoms with Crippen LogP contribution in [0.3, 0.4) is 0 Å². The summed E-state index contributed by atoms with van der Waals surface area (Å²) in [5.41, 5.74) is 10.7. The first-order valence-electron chi connectivity index (χ1n) is 11.2. The molecule has 0 atom stereocenters. The summed E-state index contributed by atoms with van der Waals surface area (Å²) in [6.07, 6.45) is 3.11. The summed E-state index contributed by atoms with van der Waals surface area (Å²) in [7, 11) is 0. The first-order valence-corrected chi connectivity index (χ1v) is 11.2. The number of nitrogens with zero attached hydrogens (tertiary/aromatic N) is 6. The molecule has 5 aromatic rings. The standard InChI is InChI=1S/C26H22N8O2/c1-17-8-9-20(14-18(17)2)24-23(15-33(30-24)21-6-4-3-5-7-21)26(36)29-28-25(35)19-10-12-22(13-11-19)34-16-27-31-32-34/h3-16H,1-2H3,(H,28,35)(H,29,36). The average molecular weight is 479 g/mol. The third-order valence-corrected chi connectivity index (χ3v) is 5.79. The second-order valence-corrected chi connectivity index (χ2v) is 8.18. The van der Waals surface area contributed by atoms with E-state index in [0.717, 1.165) is 22.4 Å². The fourth-order valence-electron chi connectivity index (χ4n) is 3.65. The van der Waals surface area contributed by atoms with Gasteiger partial charge >= 0.3 is 0 Å². The molecule has 5 rings (SSSR count). The van der Waals surface area contributed by atoms with Crippen molar-refractivity contribution in [2.75, 3.05) is 0 Å². The van der Waals surface area contributed by atoms with E-state index in [1.165, 1.54) is 11.0 Å². The maximum atomic E-state index is 13.2. The van der Waals surface area contributed by atoms with E-state index in [-0.39, 0.29) is 0 Å². The van der Waals surface area contributed by atoms with Gasteiger partial charge in [0.2, 0.25) is 0 Å². The molecule has 10 nitrogen and oxygen atoms in total. The first kappa shape index (κ1) is 22.7. The normalized spacial score (nSPS) is 10.7. The minimum atomic E-state index is -0.482. The molecule has 0 unspecified atom stereocenters. The van der Waals surface area contributed by atoms with E-state index in [4.69, 9.17) is 0 Å². The van der Waals surface area contributed by atoms with Crippen LogP contribution < -0.4 is 10.9 Å². The number of carbonyl (C=O) groups is 2. The van der Waals surface area contributed by atoms with Gasteiger partial charge < -0.3 is 0 Å². The van der Waals surface area contributed by atoms with Crippen LogP contribution in [-0.4, -0.2) is 41.8 Å². The summed E-state index contributed by atoms with van der Waals surface area (Å²) in [6.45, 7) is 4.04. The molecule has 2 N–H and O–H groups in total. The van der Waals surface area contributed by atoms with Crippen LogP contribution in [0.5, 0.6) is 0 Å². The molecule has 0 aliphatic heterocycles. The molecule has 3 aromatic carbocycles. The molecule has 36 heavy (non-hydrogen) atoms. The van der Waals surface area contributed by atoms with Crippen LogP contribution >= 0.6 is 0 Å². The van der Waals surface area contributed by atoms with Crippen LogP contribution in [0.25, 0.3) is 22.6 Å². The molecule has 2 amide bonds. The second kappa shape index (κ2) is 9.63. The maximum Gasteiger partial charge on any atom is 0.273 e. The molecule has 0 radical (unpaired) electrons. The molecular formula is C26H22N8O2. The van der Waals surface area contributed by atoms with E-state index in [0.29, 0.717) is 22.5 Å². The molecule has 0 saturated carbocycles. The summed E-state index contributed by atoms with van der Waals surface area (Å²) in [4.78, 5) is 25.8. The zero-order chi connectivity index (χ0) is 25.1. The SMILES string of the molecule is Cc1ccc(-c2nn(-c3ccccc3)cc2C(=O)NNC(=O)c2ccc(-n3cnnn3)cc2)cc1C. The van der Waals surface area contributed by atoms with Crippen LogP contribution in [0.2, 0.25) is 0 Å². The monoisotopic (exact) mass is 478 g/mol. The third-order valence-electron chi connectivity index (χ3n) is 5.79. The lowest BCUT2D eigenvalue weighted by molar-refractivity contribution is 0.0847. The van der Waals surface area contributed by atoms with Gasteiger partial charge in [-0.3, -0.25) is 20.4 Å². The Morgan fingerprint density at radius 2 is 1.50 bits per heavy atom. The maximum absolute atomic E-state index is 13.2. The number of carbonyl (C=O) groups excluding carboxylic acids is 2. The number of aromatic nitrogens is 6. The smallest absolute Gasteiger partial charge is 0.267 e. The van der Waals surface area contributed by atoms with E-state index >= 15 is 0 Å². The number of benzene rings is 3. The van der Waals surface area contributed by atoms with Gasteiger partial charge in [0, 0.05) is 17.3 Å². The predicted molar refractivity (Wildman–Crippen MR) is 133 cm³/mol. The van der Waals surface area contributed by atoms with Crippen molar-refractivity contribution in [1.29, 1.82) is 0 Å². The molecule has 0 aliphatic carbocycles. The van der Waals surface area contributed by atoms with Crippen molar-refractivity contribution in [1.82, 2.24) is 40.8 Å². The van der Waals surface area contributed by atoms with E-state index in [9.17, 15) is 9.59 Å². The molecule has 0 bridgehead atoms. The molecule has 0 aliphatic rings. The summed E-state index contributed by atoms with van der Waals surface area (Å²) >= 11 is 0. The minimum Gasteiger partial charge on any atom is -0.267 e. The number of para-hydroxylation sites is 1. The van der Waals surface area contributed by atoms with Gasteiger partial charge in [0.15, 0.2) is 0 Å². The lowest BCUT2D eigenvalue weighted by Gasteiger charge is -2.09. The molecule has 2 aromatic heterocycles. The van der Waals surface area contributed by atoms with Crippen LogP contribution in [-0.2, 0) is 0 Å². The van der Waals surface area contributed by atoms with Gasteiger partial charge in [-0.05, 0) is 77.9 Å². The van der Waals surface area contributed by atoms with Crippen molar-refractivity contribution in [2.45, 2.75) is 13.8 Å². The Labute approximate surface area is 206 Å². The highest BCUT2D eigenvalue weighted by atomic mass is 16.2. The average Bonchev–Trinajstić information content (AvgIpc) is 3.60. The number of amides is 2. The van der Waals surface area contributed by atoms with Gasteiger partial charge in [0.25, 0.3) is 11.8 Å². The van der Waals surface area contributed by atoms with Crippen LogP contribution in [0.1, 0.15) is 31.8 Å². The fourth-order valence-corrected chi connectivity index (χ4v) is 3.65. The quantitative estimate of drug-likeness (QED) is 0.375. The van der Waals surface area contributed by atoms with Gasteiger partial charge in [-0.25, -0.2) is 9.36 Å². The Balaban J connectivity index is 1.38. The summed E-state index contributed by atoms with van der Waals surface area (Å²) < 4.78 is 3.13. The summed E-state index contributed by atoms with van der Waals surface area (Å²) in [5, 5.41) is 15.7. The second-order valence-electron chi connectivity index (χ2n) is 8.18. The van der Waals surface area contributed by atoms with Gasteiger partial charge in [-0.2, -0.15) is 5.10 Å². The number of hydrazine groups is 1. The van der Waals surface area contributed by atoms with Crippen LogP contribution in [0.4, 0.5) is 0 Å². The number of rotatable bonds is 5. The van der Waals surface area contributed by atoms with Crippen molar-refractivity contribution in [3.8, 4) is 22.6 Å². The number of hydrogen-bond acceptors (Lipinski definition) is 6. The van der Waals surface area contributed by atoms with E-state index in [1.807, 2.05) is 62.4 Å². The zero-order valence-electron chi connectivity index (χ0n) is 19.6. The Morgan fingerprint density at radius 3 is 2.19 bits per heavy atom. The Bertz CT molecular complexity index is 1520. The molecule has 10 heteroatoms. The predicted octanol–water partition coefficient (Wildman–Crippen LogP) is 3.21. The topological polar surface area (TPSA) is 120 Å². The van der Waals surface area contributed by atoms with Gasteiger partial charge in [-0.1, -0.05) is 30.3 Å². The lowest BCUT2D eigenvalue weighted by atomic mass is 10.0. The van der Waals surface area contributed by atoms with Crippen molar-refractivity contribution in [3.05, 3.63) is 108 Å². The zero-order valence-corrected chi connectivity index (χ0v) is 19.6. The van der Waals surface area contributed by atoms with Crippen molar-refractivity contribution in [2.24, 2.45) is 0 Å². The van der Waals surface area contributed by atoms with Crippen molar-refractivity contribution >= 4 is 11.8 Å². The van der Waals surface area contributed by atoms with E-state index in [1.54, 1.807) is 35.1 Å². The van der Waals surface area contributed by atoms with Gasteiger partial charge in [0.05, 0.1) is 16.9 Å². The van der Waals surface area contributed by atoms with Crippen molar-refractivity contribution in [3.63, 3.8) is 0 Å². The molecule has 0 spiro atoms.